The van der Waals surface area contributed by atoms with Gasteiger partial charge in [0.15, 0.2) is 0 Å². The van der Waals surface area contributed by atoms with Crippen molar-refractivity contribution in [3.05, 3.63) is 58.0 Å². The van der Waals surface area contributed by atoms with Gasteiger partial charge in [-0.05, 0) is 48.5 Å². The number of alkyl halides is 6. The summed E-state index contributed by atoms with van der Waals surface area (Å²) in [6.07, 6.45) is -10.9. The SMILES string of the molecule is CC(CCON=C(N)N)(C(N)=O)c1ccc(NS(=O)(=O)c2ccc(C(F)(F)F)cc2)c(=O)n1OC(=O)C(F)(F)F. The Morgan fingerprint density at radius 3 is 2.05 bits per heavy atom. The van der Waals surface area contributed by atoms with Crippen LogP contribution in [0, 0.1) is 0 Å². The van der Waals surface area contributed by atoms with E-state index in [2.05, 4.69) is 9.99 Å². The summed E-state index contributed by atoms with van der Waals surface area (Å²) in [6.45, 7) is 0.536. The van der Waals surface area contributed by atoms with Crippen LogP contribution in [0.25, 0.3) is 0 Å². The van der Waals surface area contributed by atoms with E-state index < -0.39 is 86.1 Å². The molecule has 0 saturated carbocycles. The van der Waals surface area contributed by atoms with Crippen LogP contribution in [0.4, 0.5) is 32.0 Å². The van der Waals surface area contributed by atoms with Gasteiger partial charge in [-0.25, -0.2) is 13.2 Å². The summed E-state index contributed by atoms with van der Waals surface area (Å²) in [7, 11) is -4.81. The quantitative estimate of drug-likeness (QED) is 0.0980. The minimum atomic E-state index is -5.65. The van der Waals surface area contributed by atoms with Gasteiger partial charge in [0, 0.05) is 6.42 Å². The first kappa shape index (κ1) is 31.7. The summed E-state index contributed by atoms with van der Waals surface area (Å²) in [5.74, 6) is -4.71. The monoisotopic (exact) mass is 602 g/mol. The number of carbonyl (C=O) groups excluding carboxylic acids is 2. The number of amides is 1. The van der Waals surface area contributed by atoms with Crippen molar-refractivity contribution in [1.82, 2.24) is 4.73 Å². The summed E-state index contributed by atoms with van der Waals surface area (Å²) in [6, 6.07) is 3.44. The molecule has 7 N–H and O–H groups in total. The number of halogens is 6. The zero-order chi connectivity index (χ0) is 30.7. The zero-order valence-corrected chi connectivity index (χ0v) is 20.9. The highest BCUT2D eigenvalue weighted by atomic mass is 32.2. The van der Waals surface area contributed by atoms with Gasteiger partial charge in [-0.2, -0.15) is 26.3 Å². The van der Waals surface area contributed by atoms with Crippen molar-refractivity contribution in [2.75, 3.05) is 11.3 Å². The molecule has 0 bridgehead atoms. The van der Waals surface area contributed by atoms with Gasteiger partial charge in [-0.3, -0.25) is 14.3 Å². The van der Waals surface area contributed by atoms with E-state index in [9.17, 15) is 49.1 Å². The largest absolute Gasteiger partial charge is 0.493 e. The first-order chi connectivity index (χ1) is 18.2. The molecule has 0 spiro atoms. The third-order valence-electron chi connectivity index (χ3n) is 5.16. The third kappa shape index (κ3) is 7.33. The Bertz CT molecular complexity index is 1470. The summed E-state index contributed by atoms with van der Waals surface area (Å²) in [4.78, 5) is 45.0. The van der Waals surface area contributed by atoms with E-state index in [-0.39, 0.29) is 4.73 Å². The maximum Gasteiger partial charge on any atom is 0.493 e. The number of guanidine groups is 1. The van der Waals surface area contributed by atoms with E-state index in [1.807, 2.05) is 0 Å². The average molecular weight is 602 g/mol. The third-order valence-corrected chi connectivity index (χ3v) is 6.54. The van der Waals surface area contributed by atoms with Crippen LogP contribution in [0.15, 0.2) is 51.2 Å². The number of pyridine rings is 1. The minimum Gasteiger partial charge on any atom is -0.393 e. The highest BCUT2D eigenvalue weighted by Gasteiger charge is 2.44. The molecule has 0 aliphatic carbocycles. The Morgan fingerprint density at radius 1 is 1.00 bits per heavy atom. The minimum absolute atomic E-state index is 0.300. The Kier molecular flexibility index (Phi) is 8.98. The standard InChI is InChI=1S/C20H20F6N6O7S/c1-18(15(27)34,8-9-38-30-17(28)29)13-7-6-12(14(33)32(13)39-16(35)20(24,25)26)31-40(36,37)11-4-2-10(3-5-11)19(21,22)23/h2-7,31H,8-9H2,1H3,(H2,27,34)(H4,28,29,30). The number of hydrogen-bond donors (Lipinski definition) is 4. The van der Waals surface area contributed by atoms with Gasteiger partial charge >= 0.3 is 23.9 Å². The molecular weight excluding hydrogens is 582 g/mol. The van der Waals surface area contributed by atoms with Crippen molar-refractivity contribution in [3.8, 4) is 0 Å². The van der Waals surface area contributed by atoms with Crippen LogP contribution in [-0.2, 0) is 36.0 Å². The molecule has 0 aliphatic rings. The van der Waals surface area contributed by atoms with Crippen LogP contribution >= 0.6 is 0 Å². The van der Waals surface area contributed by atoms with Gasteiger partial charge in [0.25, 0.3) is 10.0 Å². The van der Waals surface area contributed by atoms with Gasteiger partial charge in [-0.1, -0.05) is 0 Å². The fourth-order valence-electron chi connectivity index (χ4n) is 3.01. The molecule has 2 rings (SSSR count). The first-order valence-corrected chi connectivity index (χ1v) is 12.0. The number of nitrogens with zero attached hydrogens (tertiary/aromatic N) is 2. The number of aromatic nitrogens is 1. The topological polar surface area (TPSA) is 211 Å². The number of nitrogens with one attached hydrogen (secondary N) is 1. The van der Waals surface area contributed by atoms with Crippen molar-refractivity contribution in [1.29, 1.82) is 0 Å². The molecule has 1 atom stereocenters. The molecule has 1 aromatic heterocycles. The number of anilines is 1. The summed E-state index contributed by atoms with van der Waals surface area (Å²) in [5, 5.41) is 3.18. The lowest BCUT2D eigenvalue weighted by Gasteiger charge is -2.28. The molecule has 13 nitrogen and oxygen atoms in total. The van der Waals surface area contributed by atoms with Crippen LogP contribution in [0.2, 0.25) is 0 Å². The number of carbonyl (C=O) groups is 2. The van der Waals surface area contributed by atoms with Crippen LogP contribution in [-0.4, -0.2) is 43.8 Å². The molecule has 1 unspecified atom stereocenters. The molecule has 220 valence electrons. The summed E-state index contributed by atoms with van der Waals surface area (Å²) in [5.41, 5.74) is 8.79. The predicted molar refractivity (Wildman–Crippen MR) is 124 cm³/mol. The van der Waals surface area contributed by atoms with Crippen molar-refractivity contribution in [3.63, 3.8) is 0 Å². The summed E-state index contributed by atoms with van der Waals surface area (Å²) >= 11 is 0. The molecule has 1 aromatic carbocycles. The lowest BCUT2D eigenvalue weighted by molar-refractivity contribution is -0.200. The van der Waals surface area contributed by atoms with Crippen molar-refractivity contribution in [2.45, 2.75) is 36.0 Å². The van der Waals surface area contributed by atoms with Gasteiger partial charge in [0.2, 0.25) is 11.9 Å². The second-order valence-electron chi connectivity index (χ2n) is 8.03. The van der Waals surface area contributed by atoms with Gasteiger partial charge in [0.05, 0.1) is 21.6 Å². The molecule has 0 radical (unpaired) electrons. The molecule has 0 aliphatic heterocycles. The number of hydrogen-bond acceptors (Lipinski definition) is 8. The molecular formula is C20H20F6N6O7S. The van der Waals surface area contributed by atoms with Crippen LogP contribution in [0.3, 0.4) is 0 Å². The molecule has 1 heterocycles. The highest BCUT2D eigenvalue weighted by molar-refractivity contribution is 7.92. The van der Waals surface area contributed by atoms with Crippen LogP contribution in [0.1, 0.15) is 24.6 Å². The Labute approximate surface area is 220 Å². The first-order valence-electron chi connectivity index (χ1n) is 10.5. The van der Waals surface area contributed by atoms with Crippen molar-refractivity contribution >= 4 is 33.5 Å². The molecule has 2 aromatic rings. The number of primary amides is 1. The van der Waals surface area contributed by atoms with E-state index in [0.717, 1.165) is 13.0 Å². The molecule has 0 fully saturated rings. The van der Waals surface area contributed by atoms with E-state index in [0.29, 0.717) is 30.3 Å². The normalized spacial score (nSPS) is 13.6. The number of nitrogens with two attached hydrogens (primary N) is 3. The van der Waals surface area contributed by atoms with E-state index in [1.165, 1.54) is 0 Å². The molecule has 1 amide bonds. The van der Waals surface area contributed by atoms with Crippen molar-refractivity contribution < 1.29 is 54.0 Å². The van der Waals surface area contributed by atoms with Crippen LogP contribution in [0.5, 0.6) is 0 Å². The Hall–Kier alpha value is -4.49. The van der Waals surface area contributed by atoms with E-state index in [4.69, 9.17) is 22.0 Å². The van der Waals surface area contributed by atoms with Gasteiger partial charge < -0.3 is 26.9 Å². The molecule has 20 heteroatoms. The van der Waals surface area contributed by atoms with Crippen LogP contribution < -0.4 is 32.3 Å². The highest BCUT2D eigenvalue weighted by Crippen LogP contribution is 2.31. The fraction of sp³-hybridized carbons (Fsp3) is 0.300. The van der Waals surface area contributed by atoms with E-state index >= 15 is 0 Å². The second kappa shape index (κ2) is 11.3. The average Bonchev–Trinajstić information content (AvgIpc) is 2.82. The number of rotatable bonds is 10. The number of oxime groups is 1. The molecule has 40 heavy (non-hydrogen) atoms. The number of sulfonamides is 1. The molecule has 0 saturated heterocycles. The fourth-order valence-corrected chi connectivity index (χ4v) is 4.06. The van der Waals surface area contributed by atoms with Gasteiger partial charge in [-0.15, -0.1) is 4.73 Å². The van der Waals surface area contributed by atoms with Gasteiger partial charge in [0.1, 0.15) is 12.3 Å². The lowest BCUT2D eigenvalue weighted by atomic mass is 9.82. The number of benzene rings is 1. The Morgan fingerprint density at radius 2 is 1.57 bits per heavy atom. The van der Waals surface area contributed by atoms with Crippen molar-refractivity contribution in [2.24, 2.45) is 22.4 Å². The maximum absolute atomic E-state index is 13.0. The lowest BCUT2D eigenvalue weighted by Crippen LogP contribution is -2.48. The maximum atomic E-state index is 13.0. The Balaban J connectivity index is 2.62. The zero-order valence-electron chi connectivity index (χ0n) is 20.0. The predicted octanol–water partition coefficient (Wildman–Crippen LogP) is 0.524. The smallest absolute Gasteiger partial charge is 0.393 e. The van der Waals surface area contributed by atoms with E-state index in [1.54, 1.807) is 4.72 Å². The summed E-state index contributed by atoms with van der Waals surface area (Å²) < 4.78 is 104. The second-order valence-corrected chi connectivity index (χ2v) is 9.71.